The lowest BCUT2D eigenvalue weighted by molar-refractivity contribution is 0.432. The van der Waals surface area contributed by atoms with Gasteiger partial charge in [-0.15, -0.1) is 0 Å². The molecule has 0 aromatic heterocycles. The van der Waals surface area contributed by atoms with E-state index in [1.165, 1.54) is 12.1 Å². The summed E-state index contributed by atoms with van der Waals surface area (Å²) < 4.78 is 13.1. The van der Waals surface area contributed by atoms with E-state index in [0.29, 0.717) is 5.69 Å². The summed E-state index contributed by atoms with van der Waals surface area (Å²) in [5.74, 6) is -0.946. The summed E-state index contributed by atoms with van der Waals surface area (Å²) in [4.78, 5) is 0. The van der Waals surface area contributed by atoms with Crippen LogP contribution in [0.5, 0.6) is 5.75 Å². The van der Waals surface area contributed by atoms with Crippen LogP contribution < -0.4 is 5.32 Å². The Morgan fingerprint density at radius 3 is 2.47 bits per heavy atom. The molecule has 0 bridgehead atoms. The van der Waals surface area contributed by atoms with Gasteiger partial charge in [0.2, 0.25) is 0 Å². The van der Waals surface area contributed by atoms with Crippen LogP contribution in [-0.4, -0.2) is 5.11 Å². The molecule has 0 saturated heterocycles. The first-order valence-corrected chi connectivity index (χ1v) is 5.47. The van der Waals surface area contributed by atoms with E-state index in [4.69, 9.17) is 5.11 Å². The molecule has 1 unspecified atom stereocenters. The van der Waals surface area contributed by atoms with E-state index in [1.54, 1.807) is 6.07 Å². The molecule has 0 aliphatic rings. The second-order valence-electron chi connectivity index (χ2n) is 3.94. The van der Waals surface area contributed by atoms with Gasteiger partial charge in [0, 0.05) is 17.8 Å². The molecule has 0 radical (unpaired) electrons. The molecule has 2 N–H and O–H groups in total. The highest BCUT2D eigenvalue weighted by molar-refractivity contribution is 5.48. The Balaban J connectivity index is 2.13. The molecule has 0 spiro atoms. The Kier molecular flexibility index (Phi) is 3.28. The predicted octanol–water partition coefficient (Wildman–Crippen LogP) is 3.70. The average Bonchev–Trinajstić information content (AvgIpc) is 2.35. The molecular formula is C14H14FNO. The van der Waals surface area contributed by atoms with Crippen LogP contribution in [-0.2, 0) is 0 Å². The summed E-state index contributed by atoms with van der Waals surface area (Å²) in [6.45, 7) is 2.00. The molecule has 0 amide bonds. The van der Waals surface area contributed by atoms with Gasteiger partial charge in [0.15, 0.2) is 11.6 Å². The van der Waals surface area contributed by atoms with Crippen LogP contribution in [0.25, 0.3) is 0 Å². The zero-order valence-electron chi connectivity index (χ0n) is 9.52. The Hall–Kier alpha value is -2.03. The largest absolute Gasteiger partial charge is 0.505 e. The van der Waals surface area contributed by atoms with Crippen LogP contribution in [0.1, 0.15) is 18.5 Å². The second kappa shape index (κ2) is 4.87. The molecule has 0 aliphatic carbocycles. The normalized spacial score (nSPS) is 12.1. The van der Waals surface area contributed by atoms with Crippen LogP contribution in [0, 0.1) is 5.82 Å². The van der Waals surface area contributed by atoms with E-state index < -0.39 is 5.82 Å². The Labute approximate surface area is 99.7 Å². The fourth-order valence-electron chi connectivity index (χ4n) is 1.67. The number of anilines is 1. The number of phenols is 1. The van der Waals surface area contributed by atoms with Crippen molar-refractivity contribution in [2.45, 2.75) is 13.0 Å². The SMILES string of the molecule is CC(Nc1ccc(O)c(F)c1)c1ccccc1. The number of hydrogen-bond donors (Lipinski definition) is 2. The summed E-state index contributed by atoms with van der Waals surface area (Å²) in [5, 5.41) is 12.3. The molecule has 17 heavy (non-hydrogen) atoms. The molecule has 0 aliphatic heterocycles. The standard InChI is InChI=1S/C14H14FNO/c1-10(11-5-3-2-4-6-11)16-12-7-8-14(17)13(15)9-12/h2-10,16-17H,1H3. The average molecular weight is 231 g/mol. The first kappa shape index (κ1) is 11.5. The van der Waals surface area contributed by atoms with Crippen LogP contribution in [0.15, 0.2) is 48.5 Å². The quantitative estimate of drug-likeness (QED) is 0.789. The third kappa shape index (κ3) is 2.75. The molecule has 2 aromatic rings. The number of halogens is 1. The fourth-order valence-corrected chi connectivity index (χ4v) is 1.67. The van der Waals surface area contributed by atoms with Crippen molar-refractivity contribution in [3.05, 3.63) is 59.9 Å². The number of benzene rings is 2. The van der Waals surface area contributed by atoms with Gasteiger partial charge in [-0.25, -0.2) is 4.39 Å². The third-order valence-electron chi connectivity index (χ3n) is 2.63. The second-order valence-corrected chi connectivity index (χ2v) is 3.94. The molecular weight excluding hydrogens is 217 g/mol. The van der Waals surface area contributed by atoms with E-state index in [1.807, 2.05) is 37.3 Å². The minimum atomic E-state index is -0.615. The Morgan fingerprint density at radius 1 is 1.12 bits per heavy atom. The monoisotopic (exact) mass is 231 g/mol. The van der Waals surface area contributed by atoms with E-state index >= 15 is 0 Å². The fraction of sp³-hybridized carbons (Fsp3) is 0.143. The molecule has 0 saturated carbocycles. The highest BCUT2D eigenvalue weighted by Gasteiger charge is 2.06. The van der Waals surface area contributed by atoms with Gasteiger partial charge in [0.05, 0.1) is 0 Å². The highest BCUT2D eigenvalue weighted by atomic mass is 19.1. The van der Waals surface area contributed by atoms with Crippen LogP contribution >= 0.6 is 0 Å². The van der Waals surface area contributed by atoms with Crippen molar-refractivity contribution in [3.63, 3.8) is 0 Å². The number of nitrogens with one attached hydrogen (secondary N) is 1. The topological polar surface area (TPSA) is 32.3 Å². The minimum Gasteiger partial charge on any atom is -0.505 e. The van der Waals surface area contributed by atoms with Crippen LogP contribution in [0.4, 0.5) is 10.1 Å². The van der Waals surface area contributed by atoms with Gasteiger partial charge in [-0.1, -0.05) is 30.3 Å². The lowest BCUT2D eigenvalue weighted by atomic mass is 10.1. The van der Waals surface area contributed by atoms with Gasteiger partial charge in [-0.05, 0) is 24.6 Å². The lowest BCUT2D eigenvalue weighted by Crippen LogP contribution is -2.06. The third-order valence-corrected chi connectivity index (χ3v) is 2.63. The van der Waals surface area contributed by atoms with Crippen molar-refractivity contribution < 1.29 is 9.50 Å². The van der Waals surface area contributed by atoms with Crippen molar-refractivity contribution in [3.8, 4) is 5.75 Å². The molecule has 3 heteroatoms. The molecule has 2 rings (SSSR count). The number of phenolic OH excluding ortho intramolecular Hbond substituents is 1. The van der Waals surface area contributed by atoms with E-state index in [9.17, 15) is 4.39 Å². The van der Waals surface area contributed by atoms with Crippen LogP contribution in [0.3, 0.4) is 0 Å². The minimum absolute atomic E-state index is 0.0835. The van der Waals surface area contributed by atoms with Crippen molar-refractivity contribution in [2.24, 2.45) is 0 Å². The maximum atomic E-state index is 13.1. The summed E-state index contributed by atoms with van der Waals surface area (Å²) in [6, 6.07) is 14.3. The number of hydrogen-bond acceptors (Lipinski definition) is 2. The number of rotatable bonds is 3. The van der Waals surface area contributed by atoms with Gasteiger partial charge in [0.1, 0.15) is 0 Å². The lowest BCUT2D eigenvalue weighted by Gasteiger charge is -2.15. The summed E-state index contributed by atoms with van der Waals surface area (Å²) in [6.07, 6.45) is 0. The maximum absolute atomic E-state index is 13.1. The van der Waals surface area contributed by atoms with Crippen molar-refractivity contribution in [2.75, 3.05) is 5.32 Å². The zero-order chi connectivity index (χ0) is 12.3. The van der Waals surface area contributed by atoms with Crippen molar-refractivity contribution >= 4 is 5.69 Å². The van der Waals surface area contributed by atoms with Crippen molar-refractivity contribution in [1.82, 2.24) is 0 Å². The molecule has 1 atom stereocenters. The van der Waals surface area contributed by atoms with E-state index in [2.05, 4.69) is 5.32 Å². The van der Waals surface area contributed by atoms with Gasteiger partial charge < -0.3 is 10.4 Å². The first-order chi connectivity index (χ1) is 8.16. The van der Waals surface area contributed by atoms with E-state index in [0.717, 1.165) is 5.56 Å². The molecule has 2 aromatic carbocycles. The molecule has 0 heterocycles. The van der Waals surface area contributed by atoms with Crippen LogP contribution in [0.2, 0.25) is 0 Å². The highest BCUT2D eigenvalue weighted by Crippen LogP contribution is 2.23. The summed E-state index contributed by atoms with van der Waals surface area (Å²) >= 11 is 0. The zero-order valence-corrected chi connectivity index (χ0v) is 9.52. The predicted molar refractivity (Wildman–Crippen MR) is 66.5 cm³/mol. The van der Waals surface area contributed by atoms with Crippen molar-refractivity contribution in [1.29, 1.82) is 0 Å². The molecule has 0 fully saturated rings. The summed E-state index contributed by atoms with van der Waals surface area (Å²) in [5.41, 5.74) is 1.78. The van der Waals surface area contributed by atoms with Gasteiger partial charge >= 0.3 is 0 Å². The maximum Gasteiger partial charge on any atom is 0.166 e. The number of aromatic hydroxyl groups is 1. The van der Waals surface area contributed by atoms with Gasteiger partial charge in [-0.2, -0.15) is 0 Å². The Bertz CT molecular complexity index is 499. The van der Waals surface area contributed by atoms with E-state index in [-0.39, 0.29) is 11.8 Å². The first-order valence-electron chi connectivity index (χ1n) is 5.47. The molecule has 88 valence electrons. The van der Waals surface area contributed by atoms with Gasteiger partial charge in [-0.3, -0.25) is 0 Å². The summed E-state index contributed by atoms with van der Waals surface area (Å²) in [7, 11) is 0. The molecule has 2 nitrogen and oxygen atoms in total. The smallest absolute Gasteiger partial charge is 0.166 e. The Morgan fingerprint density at radius 2 is 1.82 bits per heavy atom. The van der Waals surface area contributed by atoms with Gasteiger partial charge in [0.25, 0.3) is 0 Å².